The average Bonchev–Trinajstić information content (AvgIpc) is 2.56. The fourth-order valence-electron chi connectivity index (χ4n) is 1.23. The number of rotatable bonds is 3. The van der Waals surface area contributed by atoms with Crippen molar-refractivity contribution in [3.63, 3.8) is 0 Å². The Kier molecular flexibility index (Phi) is 5.05. The molecule has 0 radical (unpaired) electrons. The number of hydrogen-bond acceptors (Lipinski definition) is 4. The molecule has 0 bridgehead atoms. The predicted molar refractivity (Wildman–Crippen MR) is 71.0 cm³/mol. The summed E-state index contributed by atoms with van der Waals surface area (Å²) in [6, 6.07) is 1.15. The summed E-state index contributed by atoms with van der Waals surface area (Å²) >= 11 is -1.50. The van der Waals surface area contributed by atoms with Crippen LogP contribution in [0.2, 0.25) is 0 Å². The highest BCUT2D eigenvalue weighted by Crippen LogP contribution is 2.25. The minimum Gasteiger partial charge on any atom is -0.444 e. The van der Waals surface area contributed by atoms with Gasteiger partial charge in [-0.25, -0.2) is 13.4 Å². The molecule has 0 saturated heterocycles. The third kappa shape index (κ3) is 4.88. The first-order chi connectivity index (χ1) is 8.60. The lowest BCUT2D eigenvalue weighted by atomic mass is 10.2. The summed E-state index contributed by atoms with van der Waals surface area (Å²) in [4.78, 5) is 13.4. The van der Waals surface area contributed by atoms with Crippen LogP contribution in [0.3, 0.4) is 0 Å². The number of halogens is 1. The monoisotopic (exact) mass is 309 g/mol. The van der Waals surface area contributed by atoms with E-state index >= 15 is 0 Å². The van der Waals surface area contributed by atoms with E-state index in [1.807, 2.05) is 0 Å². The van der Waals surface area contributed by atoms with E-state index in [4.69, 9.17) is 9.29 Å². The van der Waals surface area contributed by atoms with Crippen LogP contribution in [0.15, 0.2) is 10.3 Å². The van der Waals surface area contributed by atoms with Gasteiger partial charge in [-0.1, -0.05) is 0 Å². The molecule has 0 aliphatic carbocycles. The second-order valence-corrected chi connectivity index (χ2v) is 7.24. The maximum absolute atomic E-state index is 13.3. The number of carbonyl (C=O) groups is 1. The van der Waals surface area contributed by atoms with Crippen molar-refractivity contribution in [1.29, 1.82) is 0 Å². The molecule has 1 heterocycles. The zero-order valence-corrected chi connectivity index (χ0v) is 12.7. The normalized spacial score (nSPS) is 13.2. The highest BCUT2D eigenvalue weighted by atomic mass is 32.2. The van der Waals surface area contributed by atoms with Crippen molar-refractivity contribution in [2.24, 2.45) is 0 Å². The molecule has 1 N–H and O–H groups in total. The summed E-state index contributed by atoms with van der Waals surface area (Å²) in [6.45, 7) is 5.36. The molecule has 0 aliphatic heterocycles. The Hall–Kier alpha value is -0.990. The Morgan fingerprint density at radius 2 is 2.16 bits per heavy atom. The smallest absolute Gasteiger partial charge is 0.410 e. The highest BCUT2D eigenvalue weighted by molar-refractivity contribution is 7.81. The summed E-state index contributed by atoms with van der Waals surface area (Å²) in [6.07, 6.45) is -0.534. The number of thiophene rings is 1. The average molecular weight is 309 g/mol. The molecule has 5 nitrogen and oxygen atoms in total. The van der Waals surface area contributed by atoms with Gasteiger partial charge in [-0.3, -0.25) is 0 Å². The molecule has 0 aromatic carbocycles. The van der Waals surface area contributed by atoms with E-state index < -0.39 is 28.6 Å². The third-order valence-corrected chi connectivity index (χ3v) is 4.04. The van der Waals surface area contributed by atoms with Crippen LogP contribution in [0.25, 0.3) is 0 Å². The second-order valence-electron chi connectivity index (χ2n) is 4.93. The minimum absolute atomic E-state index is 0.119. The Bertz CT molecular complexity index is 495. The maximum Gasteiger partial charge on any atom is 0.410 e. The predicted octanol–water partition coefficient (Wildman–Crippen LogP) is 2.83. The molecule has 1 aromatic heterocycles. The van der Waals surface area contributed by atoms with E-state index in [2.05, 4.69) is 0 Å². The SMILES string of the molecule is CN(Cc1cc(F)c(S(=O)O)s1)C(=O)OC(C)(C)C. The van der Waals surface area contributed by atoms with Gasteiger partial charge in [-0.2, -0.15) is 0 Å². The molecular formula is C11H16FNO4S2. The van der Waals surface area contributed by atoms with Crippen LogP contribution in [0.5, 0.6) is 0 Å². The van der Waals surface area contributed by atoms with Crippen molar-refractivity contribution >= 4 is 28.5 Å². The zero-order chi connectivity index (χ0) is 14.8. The summed E-state index contributed by atoms with van der Waals surface area (Å²) in [5.41, 5.74) is -0.607. The van der Waals surface area contributed by atoms with E-state index in [0.717, 1.165) is 17.4 Å². The standard InChI is InChI=1S/C11H16FNO4S2/c1-11(2,3)17-10(14)13(4)6-7-5-8(12)9(18-7)19(15)16/h5H,6H2,1-4H3,(H,15,16). The second kappa shape index (κ2) is 5.98. The number of ether oxygens (including phenoxy) is 1. The maximum atomic E-state index is 13.3. The van der Waals surface area contributed by atoms with E-state index in [0.29, 0.717) is 4.88 Å². The van der Waals surface area contributed by atoms with Gasteiger partial charge in [0.25, 0.3) is 0 Å². The largest absolute Gasteiger partial charge is 0.444 e. The fourth-order valence-corrected chi connectivity index (χ4v) is 2.88. The van der Waals surface area contributed by atoms with Gasteiger partial charge in [0.1, 0.15) is 5.60 Å². The Morgan fingerprint density at radius 3 is 2.58 bits per heavy atom. The first-order valence-electron chi connectivity index (χ1n) is 5.43. The molecule has 0 saturated carbocycles. The van der Waals surface area contributed by atoms with Gasteiger partial charge < -0.3 is 14.2 Å². The lowest BCUT2D eigenvalue weighted by molar-refractivity contribution is 0.0286. The van der Waals surface area contributed by atoms with Crippen molar-refractivity contribution in [2.75, 3.05) is 7.05 Å². The summed E-state index contributed by atoms with van der Waals surface area (Å²) < 4.78 is 37.9. The molecular weight excluding hydrogens is 293 g/mol. The van der Waals surface area contributed by atoms with Crippen molar-refractivity contribution in [1.82, 2.24) is 4.90 Å². The number of carbonyl (C=O) groups excluding carboxylic acids is 1. The lowest BCUT2D eigenvalue weighted by Gasteiger charge is -2.24. The first-order valence-corrected chi connectivity index (χ1v) is 7.35. The van der Waals surface area contributed by atoms with E-state index in [-0.39, 0.29) is 10.8 Å². The van der Waals surface area contributed by atoms with Crippen LogP contribution in [0.4, 0.5) is 9.18 Å². The summed E-state index contributed by atoms with van der Waals surface area (Å²) in [7, 11) is 1.52. The van der Waals surface area contributed by atoms with Gasteiger partial charge >= 0.3 is 6.09 Å². The fraction of sp³-hybridized carbons (Fsp3) is 0.545. The van der Waals surface area contributed by atoms with Crippen LogP contribution < -0.4 is 0 Å². The van der Waals surface area contributed by atoms with E-state index in [1.165, 1.54) is 11.9 Å². The molecule has 8 heteroatoms. The van der Waals surface area contributed by atoms with Crippen LogP contribution in [-0.2, 0) is 22.4 Å². The van der Waals surface area contributed by atoms with Gasteiger partial charge in [-0.05, 0) is 26.8 Å². The molecule has 1 unspecified atom stereocenters. The summed E-state index contributed by atoms with van der Waals surface area (Å²) in [5, 5.41) is 0. The molecule has 108 valence electrons. The molecule has 1 amide bonds. The Morgan fingerprint density at radius 1 is 1.58 bits per heavy atom. The molecule has 0 aliphatic rings. The first kappa shape index (κ1) is 16.1. The van der Waals surface area contributed by atoms with Gasteiger partial charge in [0.05, 0.1) is 6.54 Å². The van der Waals surface area contributed by atoms with E-state index in [1.54, 1.807) is 20.8 Å². The van der Waals surface area contributed by atoms with Crippen LogP contribution in [-0.4, -0.2) is 32.4 Å². The van der Waals surface area contributed by atoms with Crippen molar-refractivity contribution in [3.8, 4) is 0 Å². The number of amides is 1. The van der Waals surface area contributed by atoms with Gasteiger partial charge in [0.2, 0.25) is 0 Å². The van der Waals surface area contributed by atoms with Gasteiger partial charge in [-0.15, -0.1) is 11.3 Å². The van der Waals surface area contributed by atoms with Crippen molar-refractivity contribution in [3.05, 3.63) is 16.8 Å². The number of hydrogen-bond donors (Lipinski definition) is 1. The molecule has 19 heavy (non-hydrogen) atoms. The Labute approximate surface area is 117 Å². The highest BCUT2D eigenvalue weighted by Gasteiger charge is 2.21. The molecule has 1 atom stereocenters. The topological polar surface area (TPSA) is 66.8 Å². The summed E-state index contributed by atoms with van der Waals surface area (Å²) in [5.74, 6) is -0.738. The Balaban J connectivity index is 2.72. The molecule has 1 rings (SSSR count). The van der Waals surface area contributed by atoms with Crippen molar-refractivity contribution in [2.45, 2.75) is 37.1 Å². The van der Waals surface area contributed by atoms with Gasteiger partial charge in [0, 0.05) is 11.9 Å². The van der Waals surface area contributed by atoms with Crippen LogP contribution in [0.1, 0.15) is 25.6 Å². The van der Waals surface area contributed by atoms with Crippen LogP contribution >= 0.6 is 11.3 Å². The number of nitrogens with zero attached hydrogens (tertiary/aromatic N) is 1. The van der Waals surface area contributed by atoms with E-state index in [9.17, 15) is 13.4 Å². The van der Waals surface area contributed by atoms with Gasteiger partial charge in [0.15, 0.2) is 21.1 Å². The minimum atomic E-state index is -2.35. The molecule has 1 aromatic rings. The zero-order valence-electron chi connectivity index (χ0n) is 11.1. The third-order valence-electron chi connectivity index (χ3n) is 1.96. The molecule has 0 fully saturated rings. The van der Waals surface area contributed by atoms with Crippen molar-refractivity contribution < 1.29 is 22.7 Å². The molecule has 0 spiro atoms. The lowest BCUT2D eigenvalue weighted by Crippen LogP contribution is -2.33. The van der Waals surface area contributed by atoms with Crippen LogP contribution in [0, 0.1) is 5.82 Å². The quantitative estimate of drug-likeness (QED) is 0.872.